The van der Waals surface area contributed by atoms with Gasteiger partial charge in [0.15, 0.2) is 5.84 Å². The van der Waals surface area contributed by atoms with Crippen molar-refractivity contribution in [2.75, 3.05) is 14.2 Å². The van der Waals surface area contributed by atoms with Crippen LogP contribution in [0.3, 0.4) is 0 Å². The topological polar surface area (TPSA) is 92.3 Å². The van der Waals surface area contributed by atoms with Crippen molar-refractivity contribution < 1.29 is 14.3 Å². The largest absolute Gasteiger partial charge is 0.497 e. The third-order valence-electron chi connectivity index (χ3n) is 5.20. The minimum atomic E-state index is -0.428. The zero-order chi connectivity index (χ0) is 22.3. The number of thioether (sulfide) groups is 1. The van der Waals surface area contributed by atoms with Crippen molar-refractivity contribution in [1.82, 2.24) is 9.58 Å². The number of rotatable bonds is 5. The first-order chi connectivity index (χ1) is 14.9. The third kappa shape index (κ3) is 3.54. The Morgan fingerprint density at radius 2 is 1.97 bits per heavy atom. The summed E-state index contributed by atoms with van der Waals surface area (Å²) in [6, 6.07) is 7.61. The minimum absolute atomic E-state index is 0.0396. The van der Waals surface area contributed by atoms with E-state index in [1.807, 2.05) is 45.0 Å². The van der Waals surface area contributed by atoms with E-state index in [-0.39, 0.29) is 11.4 Å². The molecule has 1 amide bonds. The number of benzene rings is 1. The fraction of sp³-hybridized carbons (Fsp3) is 0.273. The molecule has 2 aromatic rings. The second kappa shape index (κ2) is 8.07. The summed E-state index contributed by atoms with van der Waals surface area (Å²) in [6.45, 7) is 5.93. The van der Waals surface area contributed by atoms with Gasteiger partial charge in [-0.15, -0.1) is 0 Å². The average molecular weight is 438 g/mol. The minimum Gasteiger partial charge on any atom is -0.497 e. The second-order valence-corrected chi connectivity index (χ2v) is 8.11. The van der Waals surface area contributed by atoms with Gasteiger partial charge in [0, 0.05) is 17.5 Å². The number of ether oxygens (including phenoxy) is 2. The zero-order valence-corrected chi connectivity index (χ0v) is 18.8. The molecule has 0 aliphatic carbocycles. The Balaban J connectivity index is 1.77. The monoisotopic (exact) mass is 437 g/mol. The molecule has 0 saturated carbocycles. The summed E-state index contributed by atoms with van der Waals surface area (Å²) in [7, 11) is 3.23. The van der Waals surface area contributed by atoms with Crippen LogP contribution in [-0.4, -0.2) is 45.7 Å². The molecular weight excluding hydrogens is 414 g/mol. The van der Waals surface area contributed by atoms with E-state index in [1.165, 1.54) is 16.8 Å². The first-order valence-corrected chi connectivity index (χ1v) is 10.6. The number of fused-ring (bicyclic) bond motifs is 1. The van der Waals surface area contributed by atoms with Crippen LogP contribution in [0.15, 0.2) is 39.9 Å². The van der Waals surface area contributed by atoms with Gasteiger partial charge in [-0.05, 0) is 61.9 Å². The molecule has 9 heteroatoms. The summed E-state index contributed by atoms with van der Waals surface area (Å²) >= 11 is 1.33. The van der Waals surface area contributed by atoms with E-state index in [2.05, 4.69) is 14.7 Å². The van der Waals surface area contributed by atoms with Gasteiger partial charge in [-0.25, -0.2) is 0 Å². The lowest BCUT2D eigenvalue weighted by Crippen LogP contribution is -2.35. The SMILES string of the molecule is CCC1=NN2C(=N)/C(=C\c3cc(C)n(-c4ccc(OC)cc4OC)c3C)C(=O)N=C2S1. The van der Waals surface area contributed by atoms with E-state index in [9.17, 15) is 4.79 Å². The van der Waals surface area contributed by atoms with Crippen molar-refractivity contribution >= 4 is 39.8 Å². The number of aliphatic imine (C=N–C) groups is 1. The Labute approximate surface area is 184 Å². The lowest BCUT2D eigenvalue weighted by molar-refractivity contribution is -0.114. The number of aryl methyl sites for hydroxylation is 1. The molecule has 1 aromatic heterocycles. The fourth-order valence-electron chi connectivity index (χ4n) is 3.60. The molecule has 0 fully saturated rings. The fourth-order valence-corrected chi connectivity index (χ4v) is 4.43. The van der Waals surface area contributed by atoms with Gasteiger partial charge in [-0.1, -0.05) is 6.92 Å². The zero-order valence-electron chi connectivity index (χ0n) is 18.0. The number of aromatic nitrogens is 1. The number of hydrazone groups is 1. The van der Waals surface area contributed by atoms with Gasteiger partial charge in [0.2, 0.25) is 5.17 Å². The number of carbonyl (C=O) groups is 1. The summed E-state index contributed by atoms with van der Waals surface area (Å²) in [5.41, 5.74) is 3.79. The van der Waals surface area contributed by atoms with Gasteiger partial charge >= 0.3 is 0 Å². The summed E-state index contributed by atoms with van der Waals surface area (Å²) in [4.78, 5) is 16.8. The molecule has 0 bridgehead atoms. The maximum Gasteiger partial charge on any atom is 0.283 e. The van der Waals surface area contributed by atoms with E-state index < -0.39 is 5.91 Å². The van der Waals surface area contributed by atoms with Crippen LogP contribution >= 0.6 is 11.8 Å². The van der Waals surface area contributed by atoms with Crippen LogP contribution in [0.4, 0.5) is 0 Å². The smallest absolute Gasteiger partial charge is 0.283 e. The van der Waals surface area contributed by atoms with Gasteiger partial charge in [-0.2, -0.15) is 15.1 Å². The molecule has 0 saturated heterocycles. The lowest BCUT2D eigenvalue weighted by atomic mass is 10.1. The third-order valence-corrected chi connectivity index (χ3v) is 6.25. The number of hydrogen-bond donors (Lipinski definition) is 1. The van der Waals surface area contributed by atoms with E-state index in [1.54, 1.807) is 20.3 Å². The molecule has 0 radical (unpaired) electrons. The number of amidine groups is 2. The van der Waals surface area contributed by atoms with E-state index >= 15 is 0 Å². The number of methoxy groups -OCH3 is 2. The van der Waals surface area contributed by atoms with E-state index in [4.69, 9.17) is 14.9 Å². The van der Waals surface area contributed by atoms with Crippen LogP contribution in [-0.2, 0) is 4.79 Å². The number of carbonyl (C=O) groups excluding carboxylic acids is 1. The molecule has 0 spiro atoms. The van der Waals surface area contributed by atoms with Crippen LogP contribution in [0.5, 0.6) is 11.5 Å². The molecule has 1 aromatic carbocycles. The second-order valence-electron chi connectivity index (χ2n) is 7.07. The predicted molar refractivity (Wildman–Crippen MR) is 124 cm³/mol. The Morgan fingerprint density at radius 1 is 1.19 bits per heavy atom. The number of nitrogens with one attached hydrogen (secondary N) is 1. The first-order valence-electron chi connectivity index (χ1n) is 9.78. The molecule has 2 aliphatic heterocycles. The van der Waals surface area contributed by atoms with Gasteiger partial charge < -0.3 is 14.0 Å². The Bertz CT molecular complexity index is 1190. The van der Waals surface area contributed by atoms with Gasteiger partial charge in [0.1, 0.15) is 16.5 Å². The molecule has 160 valence electrons. The summed E-state index contributed by atoms with van der Waals surface area (Å²) in [5, 5.41) is 15.6. The first kappa shape index (κ1) is 20.9. The Kier molecular flexibility index (Phi) is 5.45. The molecule has 4 rings (SSSR count). The maximum atomic E-state index is 12.7. The number of amides is 1. The lowest BCUT2D eigenvalue weighted by Gasteiger charge is -2.20. The van der Waals surface area contributed by atoms with Crippen LogP contribution in [0.25, 0.3) is 11.8 Å². The van der Waals surface area contributed by atoms with Crippen LogP contribution < -0.4 is 9.47 Å². The normalized spacial score (nSPS) is 17.1. The van der Waals surface area contributed by atoms with Crippen molar-refractivity contribution in [2.24, 2.45) is 10.1 Å². The van der Waals surface area contributed by atoms with Gasteiger partial charge in [0.25, 0.3) is 5.91 Å². The summed E-state index contributed by atoms with van der Waals surface area (Å²) in [5.74, 6) is 0.989. The number of nitrogens with zero attached hydrogens (tertiary/aromatic N) is 4. The molecular formula is C22H23N5O3S. The molecule has 0 atom stereocenters. The predicted octanol–water partition coefficient (Wildman–Crippen LogP) is 4.14. The van der Waals surface area contributed by atoms with Gasteiger partial charge in [-0.3, -0.25) is 10.2 Å². The molecule has 1 N–H and O–H groups in total. The van der Waals surface area contributed by atoms with Crippen molar-refractivity contribution in [2.45, 2.75) is 27.2 Å². The number of hydrogen-bond acceptors (Lipinski definition) is 6. The summed E-state index contributed by atoms with van der Waals surface area (Å²) < 4.78 is 12.9. The Morgan fingerprint density at radius 3 is 2.65 bits per heavy atom. The van der Waals surface area contributed by atoms with E-state index in [0.29, 0.717) is 16.7 Å². The van der Waals surface area contributed by atoms with Crippen molar-refractivity contribution in [3.8, 4) is 17.2 Å². The van der Waals surface area contributed by atoms with Crippen molar-refractivity contribution in [3.05, 3.63) is 46.8 Å². The molecule has 8 nitrogen and oxygen atoms in total. The maximum absolute atomic E-state index is 12.7. The van der Waals surface area contributed by atoms with Crippen molar-refractivity contribution in [1.29, 1.82) is 5.41 Å². The Hall–Kier alpha value is -3.33. The molecule has 31 heavy (non-hydrogen) atoms. The molecule has 3 heterocycles. The quantitative estimate of drug-likeness (QED) is 0.710. The molecule has 2 aliphatic rings. The molecule has 0 unspecified atom stereocenters. The van der Waals surface area contributed by atoms with Crippen LogP contribution in [0.2, 0.25) is 0 Å². The highest BCUT2D eigenvalue weighted by atomic mass is 32.2. The van der Waals surface area contributed by atoms with E-state index in [0.717, 1.165) is 34.1 Å². The van der Waals surface area contributed by atoms with Crippen LogP contribution in [0, 0.1) is 19.3 Å². The van der Waals surface area contributed by atoms with Crippen LogP contribution in [0.1, 0.15) is 30.3 Å². The van der Waals surface area contributed by atoms with Crippen molar-refractivity contribution in [3.63, 3.8) is 0 Å². The highest BCUT2D eigenvalue weighted by molar-refractivity contribution is 8.26. The highest BCUT2D eigenvalue weighted by Gasteiger charge is 2.35. The van der Waals surface area contributed by atoms with Gasteiger partial charge in [0.05, 0.1) is 25.5 Å². The average Bonchev–Trinajstić information content (AvgIpc) is 3.30. The summed E-state index contributed by atoms with van der Waals surface area (Å²) in [6.07, 6.45) is 2.44. The standard InChI is InChI=1S/C22H23N5O3S/c1-6-19-25-27-20(23)16(21(28)24-22(27)31-19)10-14-9-12(2)26(13(14)3)17-8-7-15(29-4)11-18(17)30-5/h7-11,23H,6H2,1-5H3/b16-10+,23-20?. The highest BCUT2D eigenvalue weighted by Crippen LogP contribution is 2.33.